The van der Waals surface area contributed by atoms with E-state index in [1.165, 1.54) is 6.92 Å². The fraction of sp³-hybridized carbons (Fsp3) is 0.909. The molecule has 0 spiro atoms. The van der Waals surface area contributed by atoms with Crippen LogP contribution in [-0.4, -0.2) is 23.8 Å². The maximum absolute atomic E-state index is 11.1. The second-order valence-electron chi connectivity index (χ2n) is 4.73. The molecule has 0 aromatic heterocycles. The number of ether oxygens (including phenoxy) is 2. The second-order valence-corrected chi connectivity index (χ2v) is 4.73. The first-order valence-corrected chi connectivity index (χ1v) is 5.39. The lowest BCUT2D eigenvalue weighted by atomic mass is 9.77. The zero-order valence-electron chi connectivity index (χ0n) is 9.08. The molecule has 0 aromatic rings. The summed E-state index contributed by atoms with van der Waals surface area (Å²) in [6, 6.07) is 0. The van der Waals surface area contributed by atoms with Gasteiger partial charge >= 0.3 is 5.97 Å². The van der Waals surface area contributed by atoms with Crippen LogP contribution >= 0.6 is 0 Å². The van der Waals surface area contributed by atoms with Crippen molar-refractivity contribution in [1.29, 1.82) is 0 Å². The predicted octanol–water partition coefficient (Wildman–Crippen LogP) is 1.90. The van der Waals surface area contributed by atoms with E-state index in [0.29, 0.717) is 12.0 Å². The van der Waals surface area contributed by atoms with Crippen molar-refractivity contribution in [3.63, 3.8) is 0 Å². The lowest BCUT2D eigenvalue weighted by Gasteiger charge is -2.38. The quantitative estimate of drug-likeness (QED) is 0.636. The van der Waals surface area contributed by atoms with Gasteiger partial charge in [-0.25, -0.2) is 0 Å². The Morgan fingerprint density at radius 2 is 2.21 bits per heavy atom. The zero-order chi connectivity index (χ0) is 10.3. The topological polar surface area (TPSA) is 35.5 Å². The zero-order valence-corrected chi connectivity index (χ0v) is 9.08. The van der Waals surface area contributed by atoms with Crippen molar-refractivity contribution < 1.29 is 14.3 Å². The fourth-order valence-electron chi connectivity index (χ4n) is 2.80. The minimum atomic E-state index is -0.339. The molecule has 0 aromatic carbocycles. The van der Waals surface area contributed by atoms with Crippen molar-refractivity contribution in [2.24, 2.45) is 5.92 Å². The molecule has 0 radical (unpaired) electrons. The van der Waals surface area contributed by atoms with Crippen molar-refractivity contribution in [3.8, 4) is 0 Å². The highest BCUT2D eigenvalue weighted by Gasteiger charge is 2.56. The molecule has 2 aliphatic heterocycles. The summed E-state index contributed by atoms with van der Waals surface area (Å²) >= 11 is 0. The van der Waals surface area contributed by atoms with Crippen molar-refractivity contribution >= 4 is 5.97 Å². The van der Waals surface area contributed by atoms with Gasteiger partial charge in [-0.1, -0.05) is 13.8 Å². The Bertz CT molecular complexity index is 249. The molecule has 0 N–H and O–H groups in total. The summed E-state index contributed by atoms with van der Waals surface area (Å²) in [7, 11) is 0. The molecule has 2 bridgehead atoms. The van der Waals surface area contributed by atoms with Crippen LogP contribution in [0.4, 0.5) is 0 Å². The Morgan fingerprint density at radius 3 is 2.57 bits per heavy atom. The summed E-state index contributed by atoms with van der Waals surface area (Å²) in [4.78, 5) is 11.1. The molecule has 2 rings (SSSR count). The minimum absolute atomic E-state index is 0.136. The third-order valence-electron chi connectivity index (χ3n) is 3.51. The number of carbonyl (C=O) groups is 1. The molecule has 3 atom stereocenters. The van der Waals surface area contributed by atoms with Gasteiger partial charge < -0.3 is 9.47 Å². The molecule has 0 saturated carbocycles. The molecular weight excluding hydrogens is 180 g/mol. The first kappa shape index (κ1) is 9.97. The highest BCUT2D eigenvalue weighted by Crippen LogP contribution is 2.47. The van der Waals surface area contributed by atoms with E-state index in [4.69, 9.17) is 9.47 Å². The number of hydrogen-bond acceptors (Lipinski definition) is 3. The normalized spacial score (nSPS) is 40.6. The van der Waals surface area contributed by atoms with Crippen LogP contribution in [0.3, 0.4) is 0 Å². The molecule has 2 heterocycles. The van der Waals surface area contributed by atoms with Crippen molar-refractivity contribution in [2.45, 2.75) is 57.8 Å². The van der Waals surface area contributed by atoms with Gasteiger partial charge in [0.25, 0.3) is 0 Å². The molecule has 3 heteroatoms. The molecule has 3 unspecified atom stereocenters. The highest BCUT2D eigenvalue weighted by atomic mass is 16.6. The number of esters is 1. The first-order valence-electron chi connectivity index (χ1n) is 5.39. The lowest BCUT2D eigenvalue weighted by molar-refractivity contribution is -0.169. The summed E-state index contributed by atoms with van der Waals surface area (Å²) < 4.78 is 11.3. The summed E-state index contributed by atoms with van der Waals surface area (Å²) in [6.07, 6.45) is 3.50. The third kappa shape index (κ3) is 1.34. The maximum atomic E-state index is 11.1. The molecule has 2 fully saturated rings. The summed E-state index contributed by atoms with van der Waals surface area (Å²) in [5.74, 6) is 0.150. The molecule has 14 heavy (non-hydrogen) atoms. The number of hydrogen-bond donors (Lipinski definition) is 0. The van der Waals surface area contributed by atoms with E-state index < -0.39 is 0 Å². The van der Waals surface area contributed by atoms with Gasteiger partial charge in [-0.05, 0) is 18.8 Å². The Morgan fingerprint density at radius 1 is 1.50 bits per heavy atom. The van der Waals surface area contributed by atoms with Gasteiger partial charge in [0, 0.05) is 13.3 Å². The molecule has 2 saturated heterocycles. The molecule has 0 amide bonds. The Hall–Kier alpha value is -0.570. The van der Waals surface area contributed by atoms with Crippen molar-refractivity contribution in [2.75, 3.05) is 0 Å². The van der Waals surface area contributed by atoms with Crippen LogP contribution < -0.4 is 0 Å². The van der Waals surface area contributed by atoms with E-state index >= 15 is 0 Å². The Labute approximate surface area is 84.8 Å². The summed E-state index contributed by atoms with van der Waals surface area (Å²) in [6.45, 7) is 5.69. The van der Waals surface area contributed by atoms with E-state index in [9.17, 15) is 4.79 Å². The molecule has 80 valence electrons. The van der Waals surface area contributed by atoms with Crippen molar-refractivity contribution in [1.82, 2.24) is 0 Å². The average molecular weight is 198 g/mol. The van der Waals surface area contributed by atoms with Crippen molar-refractivity contribution in [3.05, 3.63) is 0 Å². The number of rotatable bonds is 2. The average Bonchev–Trinajstić information content (AvgIpc) is 2.61. The van der Waals surface area contributed by atoms with Crippen LogP contribution in [0.2, 0.25) is 0 Å². The van der Waals surface area contributed by atoms with Crippen LogP contribution in [0.25, 0.3) is 0 Å². The number of fused-ring (bicyclic) bond motifs is 2. The summed E-state index contributed by atoms with van der Waals surface area (Å²) in [5.41, 5.74) is -0.339. The van der Waals surface area contributed by atoms with Crippen LogP contribution in [0.5, 0.6) is 0 Å². The smallest absolute Gasteiger partial charge is 0.303 e. The molecule has 2 aliphatic rings. The number of carbonyl (C=O) groups excluding carboxylic acids is 1. The maximum Gasteiger partial charge on any atom is 0.303 e. The highest BCUT2D eigenvalue weighted by molar-refractivity contribution is 5.66. The van der Waals surface area contributed by atoms with Gasteiger partial charge in [0.15, 0.2) is 0 Å². The lowest BCUT2D eigenvalue weighted by Crippen LogP contribution is -2.48. The van der Waals surface area contributed by atoms with E-state index in [0.717, 1.165) is 19.3 Å². The van der Waals surface area contributed by atoms with Gasteiger partial charge in [-0.3, -0.25) is 4.79 Å². The minimum Gasteiger partial charge on any atom is -0.456 e. The Balaban J connectivity index is 2.19. The first-order chi connectivity index (χ1) is 6.54. The molecular formula is C11H18O3. The van der Waals surface area contributed by atoms with Crippen LogP contribution in [0, 0.1) is 5.92 Å². The van der Waals surface area contributed by atoms with Crippen LogP contribution in [0.1, 0.15) is 40.0 Å². The van der Waals surface area contributed by atoms with E-state index in [1.54, 1.807) is 0 Å². The van der Waals surface area contributed by atoms with Gasteiger partial charge in [-0.15, -0.1) is 0 Å². The Kier molecular flexibility index (Phi) is 2.30. The van der Waals surface area contributed by atoms with Crippen LogP contribution in [-0.2, 0) is 14.3 Å². The second kappa shape index (κ2) is 3.23. The third-order valence-corrected chi connectivity index (χ3v) is 3.51. The van der Waals surface area contributed by atoms with E-state index in [1.807, 2.05) is 0 Å². The molecule has 0 aliphatic carbocycles. The van der Waals surface area contributed by atoms with Gasteiger partial charge in [0.1, 0.15) is 5.60 Å². The van der Waals surface area contributed by atoms with E-state index in [2.05, 4.69) is 13.8 Å². The predicted molar refractivity (Wildman–Crippen MR) is 51.8 cm³/mol. The fourth-order valence-corrected chi connectivity index (χ4v) is 2.80. The standard InChI is InChI=1S/C11H18O3/c1-7(2)11(14-8(3)12)6-9-4-5-10(11)13-9/h7,9-10H,4-6H2,1-3H3. The van der Waals surface area contributed by atoms with Gasteiger partial charge in [-0.2, -0.15) is 0 Å². The van der Waals surface area contributed by atoms with Gasteiger partial charge in [0.05, 0.1) is 12.2 Å². The molecule has 3 nitrogen and oxygen atoms in total. The SMILES string of the molecule is CC(=O)OC1(C(C)C)CC2CCC1O2. The van der Waals surface area contributed by atoms with Gasteiger partial charge in [0.2, 0.25) is 0 Å². The monoisotopic (exact) mass is 198 g/mol. The largest absolute Gasteiger partial charge is 0.456 e. The van der Waals surface area contributed by atoms with E-state index in [-0.39, 0.29) is 17.7 Å². The van der Waals surface area contributed by atoms with Crippen LogP contribution in [0.15, 0.2) is 0 Å². The summed E-state index contributed by atoms with van der Waals surface area (Å²) in [5, 5.41) is 0.